The maximum atomic E-state index is 12.9. The second kappa shape index (κ2) is 6.58. The Morgan fingerprint density at radius 1 is 1.53 bits per heavy atom. The van der Waals surface area contributed by atoms with Crippen LogP contribution in [0, 0.1) is 5.95 Å². The summed E-state index contributed by atoms with van der Waals surface area (Å²) in [5.41, 5.74) is 0.324. The van der Waals surface area contributed by atoms with E-state index in [1.54, 1.807) is 12.0 Å². The van der Waals surface area contributed by atoms with Crippen LogP contribution in [0.15, 0.2) is 18.3 Å². The predicted molar refractivity (Wildman–Crippen MR) is 66.3 cm³/mol. The number of pyridine rings is 1. The first kappa shape index (κ1) is 13.9. The smallest absolute Gasteiger partial charge is 0.254 e. The van der Waals surface area contributed by atoms with Gasteiger partial charge in [-0.2, -0.15) is 4.39 Å². The lowest BCUT2D eigenvalue weighted by molar-refractivity contribution is -0.0464. The minimum atomic E-state index is -0.640. The SMILES string of the molecule is COCCCOC1CN(C(=O)c2ccnc(F)c2)C1. The van der Waals surface area contributed by atoms with Gasteiger partial charge in [0, 0.05) is 51.2 Å². The van der Waals surface area contributed by atoms with Crippen molar-refractivity contribution >= 4 is 5.91 Å². The van der Waals surface area contributed by atoms with Crippen LogP contribution in [0.25, 0.3) is 0 Å². The van der Waals surface area contributed by atoms with Gasteiger partial charge < -0.3 is 14.4 Å². The average molecular weight is 268 g/mol. The number of carbonyl (C=O) groups is 1. The third-order valence-corrected chi connectivity index (χ3v) is 2.96. The number of halogens is 1. The number of amides is 1. The van der Waals surface area contributed by atoms with Crippen molar-refractivity contribution in [3.63, 3.8) is 0 Å². The van der Waals surface area contributed by atoms with Crippen LogP contribution in [0.3, 0.4) is 0 Å². The van der Waals surface area contributed by atoms with Gasteiger partial charge >= 0.3 is 0 Å². The van der Waals surface area contributed by atoms with Crippen LogP contribution in [-0.4, -0.2) is 55.3 Å². The highest BCUT2D eigenvalue weighted by atomic mass is 19.1. The number of hydrogen-bond donors (Lipinski definition) is 0. The van der Waals surface area contributed by atoms with Crippen LogP contribution in [0.5, 0.6) is 0 Å². The second-order valence-corrected chi connectivity index (χ2v) is 4.42. The Bertz CT molecular complexity index is 436. The Morgan fingerprint density at radius 2 is 2.32 bits per heavy atom. The molecule has 1 aliphatic heterocycles. The van der Waals surface area contributed by atoms with Gasteiger partial charge in [0.15, 0.2) is 0 Å². The predicted octanol–water partition coefficient (Wildman–Crippen LogP) is 1.10. The van der Waals surface area contributed by atoms with E-state index >= 15 is 0 Å². The second-order valence-electron chi connectivity index (χ2n) is 4.42. The molecule has 0 aromatic carbocycles. The molecule has 0 atom stereocenters. The first-order valence-corrected chi connectivity index (χ1v) is 6.22. The molecule has 0 aliphatic carbocycles. The summed E-state index contributed by atoms with van der Waals surface area (Å²) in [5, 5.41) is 0. The summed E-state index contributed by atoms with van der Waals surface area (Å²) in [6.45, 7) is 2.40. The molecular formula is C13H17FN2O3. The van der Waals surface area contributed by atoms with Crippen molar-refractivity contribution in [1.82, 2.24) is 9.88 Å². The summed E-state index contributed by atoms with van der Waals surface area (Å²) < 4.78 is 23.4. The van der Waals surface area contributed by atoms with Crippen molar-refractivity contribution in [2.24, 2.45) is 0 Å². The minimum absolute atomic E-state index is 0.0764. The number of rotatable bonds is 6. The fourth-order valence-corrected chi connectivity index (χ4v) is 1.88. The Morgan fingerprint density at radius 3 is 3.00 bits per heavy atom. The van der Waals surface area contributed by atoms with Crippen LogP contribution in [0.1, 0.15) is 16.8 Å². The molecule has 1 aromatic rings. The van der Waals surface area contributed by atoms with Crippen LogP contribution in [0.2, 0.25) is 0 Å². The van der Waals surface area contributed by atoms with Gasteiger partial charge in [-0.3, -0.25) is 4.79 Å². The molecule has 19 heavy (non-hydrogen) atoms. The molecule has 1 amide bonds. The van der Waals surface area contributed by atoms with Crippen molar-refractivity contribution < 1.29 is 18.7 Å². The van der Waals surface area contributed by atoms with Crippen molar-refractivity contribution in [3.05, 3.63) is 29.8 Å². The molecule has 1 fully saturated rings. The standard InChI is InChI=1S/C13H17FN2O3/c1-18-5-2-6-19-11-8-16(9-11)13(17)10-3-4-15-12(14)7-10/h3-4,7,11H,2,5-6,8-9H2,1H3. The summed E-state index contributed by atoms with van der Waals surface area (Å²) in [6.07, 6.45) is 2.21. The molecule has 0 bridgehead atoms. The van der Waals surface area contributed by atoms with E-state index in [0.29, 0.717) is 31.9 Å². The van der Waals surface area contributed by atoms with E-state index in [1.165, 1.54) is 12.3 Å². The lowest BCUT2D eigenvalue weighted by Gasteiger charge is -2.38. The topological polar surface area (TPSA) is 51.7 Å². The molecule has 0 N–H and O–H groups in total. The molecule has 1 aliphatic rings. The molecular weight excluding hydrogens is 251 g/mol. The lowest BCUT2D eigenvalue weighted by Crippen LogP contribution is -2.54. The van der Waals surface area contributed by atoms with E-state index in [4.69, 9.17) is 9.47 Å². The summed E-state index contributed by atoms with van der Waals surface area (Å²) in [4.78, 5) is 17.0. The number of carbonyl (C=O) groups excluding carboxylic acids is 1. The van der Waals surface area contributed by atoms with Crippen molar-refractivity contribution in [1.29, 1.82) is 0 Å². The third kappa shape index (κ3) is 3.71. The van der Waals surface area contributed by atoms with E-state index in [9.17, 15) is 9.18 Å². The molecule has 104 valence electrons. The zero-order valence-electron chi connectivity index (χ0n) is 10.8. The Labute approximate surface area is 111 Å². The normalized spacial score (nSPS) is 15.4. The minimum Gasteiger partial charge on any atom is -0.385 e. The average Bonchev–Trinajstić information content (AvgIpc) is 2.36. The van der Waals surface area contributed by atoms with Gasteiger partial charge in [-0.05, 0) is 12.5 Å². The van der Waals surface area contributed by atoms with Gasteiger partial charge in [0.25, 0.3) is 5.91 Å². The van der Waals surface area contributed by atoms with E-state index in [1.807, 2.05) is 0 Å². The van der Waals surface area contributed by atoms with Crippen LogP contribution < -0.4 is 0 Å². The molecule has 2 rings (SSSR count). The molecule has 1 saturated heterocycles. The number of hydrogen-bond acceptors (Lipinski definition) is 4. The molecule has 1 aromatic heterocycles. The highest BCUT2D eigenvalue weighted by Gasteiger charge is 2.31. The Hall–Kier alpha value is -1.53. The quantitative estimate of drug-likeness (QED) is 0.572. The summed E-state index contributed by atoms with van der Waals surface area (Å²) in [5.74, 6) is -0.822. The maximum absolute atomic E-state index is 12.9. The number of aromatic nitrogens is 1. The molecule has 6 heteroatoms. The van der Waals surface area contributed by atoms with Gasteiger partial charge in [0.1, 0.15) is 0 Å². The first-order chi connectivity index (χ1) is 9.20. The van der Waals surface area contributed by atoms with Gasteiger partial charge in [0.05, 0.1) is 6.10 Å². The fourth-order valence-electron chi connectivity index (χ4n) is 1.88. The zero-order valence-corrected chi connectivity index (χ0v) is 10.8. The molecule has 2 heterocycles. The monoisotopic (exact) mass is 268 g/mol. The van der Waals surface area contributed by atoms with Crippen LogP contribution in [0.4, 0.5) is 4.39 Å². The Balaban J connectivity index is 1.73. The van der Waals surface area contributed by atoms with E-state index < -0.39 is 5.95 Å². The highest BCUT2D eigenvalue weighted by molar-refractivity contribution is 5.94. The van der Waals surface area contributed by atoms with Crippen molar-refractivity contribution in [2.75, 3.05) is 33.4 Å². The first-order valence-electron chi connectivity index (χ1n) is 6.22. The van der Waals surface area contributed by atoms with Crippen LogP contribution >= 0.6 is 0 Å². The summed E-state index contributed by atoms with van der Waals surface area (Å²) in [7, 11) is 1.65. The highest BCUT2D eigenvalue weighted by Crippen LogP contribution is 2.16. The Kier molecular flexibility index (Phi) is 4.81. The lowest BCUT2D eigenvalue weighted by atomic mass is 10.1. The van der Waals surface area contributed by atoms with Gasteiger partial charge in [-0.15, -0.1) is 0 Å². The largest absolute Gasteiger partial charge is 0.385 e. The maximum Gasteiger partial charge on any atom is 0.254 e. The van der Waals surface area contributed by atoms with Crippen molar-refractivity contribution in [3.8, 4) is 0 Å². The molecule has 0 unspecified atom stereocenters. The summed E-state index contributed by atoms with van der Waals surface area (Å²) in [6, 6.07) is 2.66. The van der Waals surface area contributed by atoms with Crippen molar-refractivity contribution in [2.45, 2.75) is 12.5 Å². The van der Waals surface area contributed by atoms with Crippen LogP contribution in [-0.2, 0) is 9.47 Å². The third-order valence-electron chi connectivity index (χ3n) is 2.96. The molecule has 5 nitrogen and oxygen atoms in total. The van der Waals surface area contributed by atoms with E-state index in [-0.39, 0.29) is 12.0 Å². The van der Waals surface area contributed by atoms with E-state index in [0.717, 1.165) is 12.5 Å². The summed E-state index contributed by atoms with van der Waals surface area (Å²) >= 11 is 0. The fraction of sp³-hybridized carbons (Fsp3) is 0.538. The van der Waals surface area contributed by atoms with Gasteiger partial charge in [0.2, 0.25) is 5.95 Å². The number of nitrogens with zero attached hydrogens (tertiary/aromatic N) is 2. The molecule has 0 radical (unpaired) electrons. The number of ether oxygens (including phenoxy) is 2. The van der Waals surface area contributed by atoms with Gasteiger partial charge in [-0.1, -0.05) is 0 Å². The number of methoxy groups -OCH3 is 1. The molecule has 0 spiro atoms. The van der Waals surface area contributed by atoms with Gasteiger partial charge in [-0.25, -0.2) is 4.98 Å². The zero-order chi connectivity index (χ0) is 13.7. The molecule has 0 saturated carbocycles. The van der Waals surface area contributed by atoms with E-state index in [2.05, 4.69) is 4.98 Å². The number of likely N-dealkylation sites (tertiary alicyclic amines) is 1.